The van der Waals surface area contributed by atoms with Crippen molar-refractivity contribution in [2.75, 3.05) is 19.8 Å². The minimum absolute atomic E-state index is 0.244. The summed E-state index contributed by atoms with van der Waals surface area (Å²) in [4.78, 5) is 1.17. The van der Waals surface area contributed by atoms with E-state index in [4.69, 9.17) is 4.74 Å². The third-order valence-electron chi connectivity index (χ3n) is 3.54. The molecule has 1 fully saturated rings. The van der Waals surface area contributed by atoms with E-state index in [0.717, 1.165) is 31.5 Å². The molecule has 0 aromatic carbocycles. The van der Waals surface area contributed by atoms with Crippen LogP contribution in [0.25, 0.3) is 0 Å². The number of aliphatic hydroxyl groups is 1. The van der Waals surface area contributed by atoms with Gasteiger partial charge in [0.2, 0.25) is 0 Å². The van der Waals surface area contributed by atoms with Crippen molar-refractivity contribution in [3.63, 3.8) is 0 Å². The van der Waals surface area contributed by atoms with Crippen molar-refractivity contribution in [1.82, 2.24) is 14.9 Å². The Hall–Kier alpha value is -0.560. The SMILES string of the molecule is Cc1nnsc1C(C)NCCC1(O)CCOCC1. The highest BCUT2D eigenvalue weighted by Gasteiger charge is 2.29. The van der Waals surface area contributed by atoms with Gasteiger partial charge in [0.1, 0.15) is 0 Å². The van der Waals surface area contributed by atoms with E-state index in [9.17, 15) is 5.11 Å². The van der Waals surface area contributed by atoms with E-state index in [-0.39, 0.29) is 6.04 Å². The van der Waals surface area contributed by atoms with Gasteiger partial charge in [-0.05, 0) is 51.2 Å². The minimum Gasteiger partial charge on any atom is -0.390 e. The molecule has 0 saturated carbocycles. The monoisotopic (exact) mass is 271 g/mol. The summed E-state index contributed by atoms with van der Waals surface area (Å²) < 4.78 is 9.21. The normalized spacial score (nSPS) is 20.8. The molecule has 0 radical (unpaired) electrons. The molecule has 0 spiro atoms. The molecule has 0 bridgehead atoms. The fraction of sp³-hybridized carbons (Fsp3) is 0.833. The minimum atomic E-state index is -0.550. The van der Waals surface area contributed by atoms with Gasteiger partial charge >= 0.3 is 0 Å². The van der Waals surface area contributed by atoms with Crippen LogP contribution in [0.2, 0.25) is 0 Å². The van der Waals surface area contributed by atoms with E-state index < -0.39 is 5.60 Å². The predicted octanol–water partition coefficient (Wildman–Crippen LogP) is 1.43. The molecule has 1 saturated heterocycles. The van der Waals surface area contributed by atoms with Crippen molar-refractivity contribution >= 4 is 11.5 Å². The molecular formula is C12H21N3O2S. The maximum absolute atomic E-state index is 10.3. The number of nitrogens with zero attached hydrogens (tertiary/aromatic N) is 2. The summed E-state index contributed by atoms with van der Waals surface area (Å²) in [7, 11) is 0. The van der Waals surface area contributed by atoms with Crippen molar-refractivity contribution < 1.29 is 9.84 Å². The maximum atomic E-state index is 10.3. The second-order valence-electron chi connectivity index (χ2n) is 4.99. The first-order valence-electron chi connectivity index (χ1n) is 6.43. The molecule has 1 aromatic heterocycles. The van der Waals surface area contributed by atoms with Crippen LogP contribution >= 0.6 is 11.5 Å². The van der Waals surface area contributed by atoms with Gasteiger partial charge in [0.15, 0.2) is 0 Å². The lowest BCUT2D eigenvalue weighted by molar-refractivity contribution is -0.0675. The molecule has 1 aliphatic rings. The first-order valence-corrected chi connectivity index (χ1v) is 7.20. The van der Waals surface area contributed by atoms with E-state index in [1.54, 1.807) is 0 Å². The summed E-state index contributed by atoms with van der Waals surface area (Å²) in [6, 6.07) is 0.244. The van der Waals surface area contributed by atoms with Crippen LogP contribution in [0, 0.1) is 6.92 Å². The van der Waals surface area contributed by atoms with Crippen LogP contribution in [0.15, 0.2) is 0 Å². The number of aromatic nitrogens is 2. The van der Waals surface area contributed by atoms with E-state index in [1.165, 1.54) is 16.4 Å². The molecule has 1 unspecified atom stereocenters. The Labute approximate surface area is 112 Å². The summed E-state index contributed by atoms with van der Waals surface area (Å²) in [6.07, 6.45) is 2.25. The molecule has 6 heteroatoms. The third kappa shape index (κ3) is 3.47. The summed E-state index contributed by atoms with van der Waals surface area (Å²) in [5.74, 6) is 0. The van der Waals surface area contributed by atoms with E-state index >= 15 is 0 Å². The Balaban J connectivity index is 1.76. The number of hydrogen-bond acceptors (Lipinski definition) is 6. The topological polar surface area (TPSA) is 67.3 Å². The second-order valence-corrected chi connectivity index (χ2v) is 5.77. The average Bonchev–Trinajstić information content (AvgIpc) is 2.76. The summed E-state index contributed by atoms with van der Waals surface area (Å²) in [5, 5.41) is 17.8. The van der Waals surface area contributed by atoms with Crippen molar-refractivity contribution in [1.29, 1.82) is 0 Å². The van der Waals surface area contributed by atoms with Gasteiger partial charge in [0.25, 0.3) is 0 Å². The van der Waals surface area contributed by atoms with Crippen molar-refractivity contribution in [2.24, 2.45) is 0 Å². The molecular weight excluding hydrogens is 250 g/mol. The highest BCUT2D eigenvalue weighted by atomic mass is 32.1. The smallest absolute Gasteiger partial charge is 0.0772 e. The number of aryl methyl sites for hydroxylation is 1. The molecule has 18 heavy (non-hydrogen) atoms. The largest absolute Gasteiger partial charge is 0.390 e. The van der Waals surface area contributed by atoms with Crippen molar-refractivity contribution in [2.45, 2.75) is 44.8 Å². The van der Waals surface area contributed by atoms with Crippen LogP contribution in [0.5, 0.6) is 0 Å². The molecule has 1 aliphatic heterocycles. The van der Waals surface area contributed by atoms with Gasteiger partial charge in [0.05, 0.1) is 16.2 Å². The van der Waals surface area contributed by atoms with Crippen molar-refractivity contribution in [3.8, 4) is 0 Å². The highest BCUT2D eigenvalue weighted by molar-refractivity contribution is 7.05. The summed E-state index contributed by atoms with van der Waals surface area (Å²) >= 11 is 1.44. The zero-order chi connectivity index (χ0) is 13.0. The fourth-order valence-corrected chi connectivity index (χ4v) is 2.91. The number of ether oxygens (including phenoxy) is 1. The first kappa shape index (κ1) is 13.9. The zero-order valence-electron chi connectivity index (χ0n) is 11.0. The number of nitrogens with one attached hydrogen (secondary N) is 1. The fourth-order valence-electron chi connectivity index (χ4n) is 2.25. The molecule has 0 aliphatic carbocycles. The summed E-state index contributed by atoms with van der Waals surface area (Å²) in [6.45, 7) is 6.22. The van der Waals surface area contributed by atoms with Gasteiger partial charge in [-0.3, -0.25) is 0 Å². The highest BCUT2D eigenvalue weighted by Crippen LogP contribution is 2.24. The van der Waals surface area contributed by atoms with E-state index in [1.807, 2.05) is 6.92 Å². The zero-order valence-corrected chi connectivity index (χ0v) is 11.8. The van der Waals surface area contributed by atoms with Crippen LogP contribution in [0.4, 0.5) is 0 Å². The maximum Gasteiger partial charge on any atom is 0.0772 e. The molecule has 2 N–H and O–H groups in total. The standard InChI is InChI=1S/C12H21N3O2S/c1-9(11-10(2)14-15-18-11)13-6-3-12(16)4-7-17-8-5-12/h9,13,16H,3-8H2,1-2H3. The lowest BCUT2D eigenvalue weighted by Crippen LogP contribution is -2.39. The third-order valence-corrected chi connectivity index (χ3v) is 4.55. The quantitative estimate of drug-likeness (QED) is 0.848. The van der Waals surface area contributed by atoms with E-state index in [0.29, 0.717) is 13.2 Å². The molecule has 2 heterocycles. The molecule has 2 rings (SSSR count). The number of hydrogen-bond donors (Lipinski definition) is 2. The lowest BCUT2D eigenvalue weighted by Gasteiger charge is -2.32. The van der Waals surface area contributed by atoms with Gasteiger partial charge in [-0.2, -0.15) is 0 Å². The van der Waals surface area contributed by atoms with Gasteiger partial charge < -0.3 is 15.2 Å². The molecule has 102 valence electrons. The van der Waals surface area contributed by atoms with Crippen LogP contribution < -0.4 is 5.32 Å². The van der Waals surface area contributed by atoms with Crippen LogP contribution in [0.1, 0.15) is 42.8 Å². The average molecular weight is 271 g/mol. The van der Waals surface area contributed by atoms with Gasteiger partial charge in [-0.25, -0.2) is 0 Å². The number of rotatable bonds is 5. The van der Waals surface area contributed by atoms with Gasteiger partial charge in [-0.1, -0.05) is 4.49 Å². The Morgan fingerprint density at radius 3 is 2.83 bits per heavy atom. The van der Waals surface area contributed by atoms with Gasteiger partial charge in [0, 0.05) is 19.3 Å². The summed E-state index contributed by atoms with van der Waals surface area (Å²) in [5.41, 5.74) is 0.441. The van der Waals surface area contributed by atoms with Crippen LogP contribution in [-0.4, -0.2) is 40.1 Å². The molecule has 1 aromatic rings. The predicted molar refractivity (Wildman–Crippen MR) is 70.7 cm³/mol. The molecule has 0 amide bonds. The Morgan fingerprint density at radius 1 is 1.50 bits per heavy atom. The Morgan fingerprint density at radius 2 is 2.22 bits per heavy atom. The molecule has 1 atom stereocenters. The van der Waals surface area contributed by atoms with Crippen molar-refractivity contribution in [3.05, 3.63) is 10.6 Å². The van der Waals surface area contributed by atoms with E-state index in [2.05, 4.69) is 21.8 Å². The Kier molecular flexibility index (Phi) is 4.66. The Bertz CT molecular complexity index is 377. The molecule has 5 nitrogen and oxygen atoms in total. The first-order chi connectivity index (χ1) is 8.61. The van der Waals surface area contributed by atoms with Gasteiger partial charge in [-0.15, -0.1) is 5.10 Å². The second kappa shape index (κ2) is 6.06. The lowest BCUT2D eigenvalue weighted by atomic mass is 9.91. The van der Waals surface area contributed by atoms with Crippen LogP contribution in [0.3, 0.4) is 0 Å². The van der Waals surface area contributed by atoms with Crippen LogP contribution in [-0.2, 0) is 4.74 Å².